The van der Waals surface area contributed by atoms with E-state index in [-0.39, 0.29) is 35.0 Å². The van der Waals surface area contributed by atoms with E-state index in [4.69, 9.17) is 23.6 Å². The molecule has 7 heteroatoms. The Morgan fingerprint density at radius 2 is 1.77 bits per heavy atom. The number of esters is 1. The van der Waals surface area contributed by atoms with Gasteiger partial charge in [-0.1, -0.05) is 34.6 Å². The number of carbonyl (C=O) groups excluding carboxylic acids is 1. The van der Waals surface area contributed by atoms with Gasteiger partial charge in [0.1, 0.15) is 11.8 Å². The number of rotatable bonds is 7. The van der Waals surface area contributed by atoms with Gasteiger partial charge < -0.3 is 18.6 Å². The Labute approximate surface area is 188 Å². The lowest BCUT2D eigenvalue weighted by atomic mass is 9.82. The third-order valence-corrected chi connectivity index (χ3v) is 11.3. The molecule has 1 aromatic carbocycles. The molecule has 1 aliphatic heterocycles. The van der Waals surface area contributed by atoms with Crippen LogP contribution >= 0.6 is 0 Å². The van der Waals surface area contributed by atoms with Crippen molar-refractivity contribution < 1.29 is 23.4 Å². The lowest BCUT2D eigenvalue weighted by molar-refractivity contribution is -0.231. The van der Waals surface area contributed by atoms with Crippen LogP contribution in [0.1, 0.15) is 47.1 Å². The van der Waals surface area contributed by atoms with Crippen LogP contribution in [-0.2, 0) is 18.7 Å². The smallest absolute Gasteiger partial charge is 0.305 e. The number of methoxy groups -OCH3 is 1. The predicted molar refractivity (Wildman–Crippen MR) is 126 cm³/mol. The molecule has 6 nitrogen and oxygen atoms in total. The zero-order chi connectivity index (χ0) is 23.4. The van der Waals surface area contributed by atoms with Gasteiger partial charge in [0.25, 0.3) is 0 Å². The Balaban J connectivity index is 2.16. The van der Waals surface area contributed by atoms with Crippen LogP contribution in [0.4, 0.5) is 0 Å². The molecule has 1 fully saturated rings. The monoisotopic (exact) mass is 449 g/mol. The molecule has 1 aromatic rings. The zero-order valence-corrected chi connectivity index (χ0v) is 21.5. The molecule has 31 heavy (non-hydrogen) atoms. The van der Waals surface area contributed by atoms with Crippen molar-refractivity contribution in [1.29, 1.82) is 0 Å². The summed E-state index contributed by atoms with van der Waals surface area (Å²) in [6, 6.07) is 7.38. The standard InChI is InChI=1S/C24H39NO5Si/c1-16-17(2)22(25-14-19-10-12-20(27-7)13-11-19)23(29-18(3)26)30-21(16)15-28-31(8,9)24(4,5)6/h10-14,16-17,21-23H,15H2,1-9H3/b25-14+/t16-,17-,21?,22?,23+/m0/s1. The Bertz CT molecular complexity index is 756. The molecule has 1 aliphatic rings. The normalized spacial score (nSPS) is 27.3. The molecular formula is C24H39NO5Si. The first-order chi connectivity index (χ1) is 14.4. The summed E-state index contributed by atoms with van der Waals surface area (Å²) in [7, 11) is -0.267. The van der Waals surface area contributed by atoms with Gasteiger partial charge in [0.05, 0.1) is 19.8 Å². The van der Waals surface area contributed by atoms with Gasteiger partial charge in [-0.05, 0) is 59.8 Å². The predicted octanol–water partition coefficient (Wildman–Crippen LogP) is 5.06. The minimum atomic E-state index is -1.91. The van der Waals surface area contributed by atoms with Gasteiger partial charge in [0.15, 0.2) is 8.32 Å². The Hall–Kier alpha value is -1.70. The van der Waals surface area contributed by atoms with Crippen molar-refractivity contribution >= 4 is 20.5 Å². The molecule has 0 aromatic heterocycles. The van der Waals surface area contributed by atoms with Crippen LogP contribution in [0, 0.1) is 11.8 Å². The van der Waals surface area contributed by atoms with Gasteiger partial charge in [-0.25, -0.2) is 0 Å². The van der Waals surface area contributed by atoms with Gasteiger partial charge in [-0.15, -0.1) is 0 Å². The maximum Gasteiger partial charge on any atom is 0.305 e. The molecule has 2 rings (SSSR count). The molecule has 0 aliphatic carbocycles. The van der Waals surface area contributed by atoms with Gasteiger partial charge in [-0.2, -0.15) is 0 Å². The topological polar surface area (TPSA) is 66.4 Å². The summed E-state index contributed by atoms with van der Waals surface area (Å²) in [5, 5.41) is 0.122. The van der Waals surface area contributed by atoms with Crippen molar-refractivity contribution in [1.82, 2.24) is 0 Å². The summed E-state index contributed by atoms with van der Waals surface area (Å²) >= 11 is 0. The Morgan fingerprint density at radius 3 is 2.29 bits per heavy atom. The highest BCUT2D eigenvalue weighted by atomic mass is 28.4. The SMILES string of the molecule is COc1ccc(/C=N/C2[C@H](OC(C)=O)OC(CO[Si](C)(C)C(C)(C)C)[C@@H](C)[C@@H]2C)cc1. The van der Waals surface area contributed by atoms with Crippen LogP contribution < -0.4 is 4.74 Å². The van der Waals surface area contributed by atoms with Crippen LogP contribution in [0.25, 0.3) is 0 Å². The molecule has 5 atom stereocenters. The van der Waals surface area contributed by atoms with E-state index in [9.17, 15) is 4.79 Å². The number of hydrogen-bond donors (Lipinski definition) is 0. The minimum Gasteiger partial charge on any atom is -0.497 e. The number of hydrogen-bond acceptors (Lipinski definition) is 6. The van der Waals surface area contributed by atoms with E-state index in [1.54, 1.807) is 13.3 Å². The van der Waals surface area contributed by atoms with Crippen molar-refractivity contribution in [3.8, 4) is 5.75 Å². The highest BCUT2D eigenvalue weighted by Crippen LogP contribution is 2.38. The third-order valence-electron chi connectivity index (χ3n) is 6.75. The largest absolute Gasteiger partial charge is 0.497 e. The zero-order valence-electron chi connectivity index (χ0n) is 20.5. The molecular weight excluding hydrogens is 410 g/mol. The van der Waals surface area contributed by atoms with Crippen molar-refractivity contribution in [2.45, 2.75) is 78.1 Å². The van der Waals surface area contributed by atoms with Gasteiger partial charge in [0.2, 0.25) is 6.29 Å². The Morgan fingerprint density at radius 1 is 1.16 bits per heavy atom. The maximum atomic E-state index is 11.8. The lowest BCUT2D eigenvalue weighted by Crippen LogP contribution is -2.53. The number of benzene rings is 1. The molecule has 0 radical (unpaired) electrons. The number of nitrogens with zero attached hydrogens (tertiary/aromatic N) is 1. The van der Waals surface area contributed by atoms with Crippen LogP contribution in [-0.4, -0.2) is 52.7 Å². The lowest BCUT2D eigenvalue weighted by Gasteiger charge is -2.44. The van der Waals surface area contributed by atoms with E-state index in [0.29, 0.717) is 6.61 Å². The fraction of sp³-hybridized carbons (Fsp3) is 0.667. The average molecular weight is 450 g/mol. The molecule has 174 valence electrons. The molecule has 0 amide bonds. The summed E-state index contributed by atoms with van der Waals surface area (Å²) in [5.74, 6) is 0.776. The first kappa shape index (κ1) is 25.6. The highest BCUT2D eigenvalue weighted by Gasteiger charge is 2.45. The van der Waals surface area contributed by atoms with Crippen LogP contribution in [0.3, 0.4) is 0 Å². The summed E-state index contributed by atoms with van der Waals surface area (Å²) in [6.07, 6.45) is 0.923. The van der Waals surface area contributed by atoms with Crippen molar-refractivity contribution in [3.63, 3.8) is 0 Å². The van der Waals surface area contributed by atoms with E-state index in [2.05, 4.69) is 47.7 Å². The maximum absolute atomic E-state index is 11.8. The minimum absolute atomic E-state index is 0.122. The van der Waals surface area contributed by atoms with E-state index in [0.717, 1.165) is 11.3 Å². The fourth-order valence-electron chi connectivity index (χ4n) is 3.30. The van der Waals surface area contributed by atoms with Gasteiger partial charge in [0, 0.05) is 13.1 Å². The quantitative estimate of drug-likeness (QED) is 0.330. The molecule has 0 bridgehead atoms. The fourth-order valence-corrected chi connectivity index (χ4v) is 4.32. The molecule has 1 heterocycles. The van der Waals surface area contributed by atoms with Gasteiger partial charge in [-0.3, -0.25) is 9.79 Å². The van der Waals surface area contributed by atoms with Crippen molar-refractivity contribution in [2.24, 2.45) is 16.8 Å². The van der Waals surface area contributed by atoms with Crippen molar-refractivity contribution in [3.05, 3.63) is 29.8 Å². The first-order valence-corrected chi connectivity index (χ1v) is 13.9. The van der Waals surface area contributed by atoms with E-state index in [1.807, 2.05) is 24.3 Å². The first-order valence-electron chi connectivity index (χ1n) is 11.0. The van der Waals surface area contributed by atoms with Crippen LogP contribution in [0.15, 0.2) is 29.3 Å². The molecule has 1 saturated heterocycles. The van der Waals surface area contributed by atoms with Gasteiger partial charge >= 0.3 is 5.97 Å². The third kappa shape index (κ3) is 6.64. The van der Waals surface area contributed by atoms with Crippen molar-refractivity contribution in [2.75, 3.05) is 13.7 Å². The summed E-state index contributed by atoms with van der Waals surface area (Å²) in [5.41, 5.74) is 0.950. The molecule has 0 N–H and O–H groups in total. The number of carbonyl (C=O) groups is 1. The molecule has 0 spiro atoms. The summed E-state index contributed by atoms with van der Waals surface area (Å²) < 4.78 is 23.4. The Kier molecular flexibility index (Phi) is 8.47. The number of ether oxygens (including phenoxy) is 3. The van der Waals surface area contributed by atoms with E-state index >= 15 is 0 Å². The summed E-state index contributed by atoms with van der Waals surface area (Å²) in [4.78, 5) is 16.5. The average Bonchev–Trinajstić information content (AvgIpc) is 2.68. The summed E-state index contributed by atoms with van der Waals surface area (Å²) in [6.45, 7) is 17.3. The highest BCUT2D eigenvalue weighted by molar-refractivity contribution is 6.74. The number of aliphatic imine (C=N–C) groups is 1. The molecule has 0 saturated carbocycles. The second-order valence-electron chi connectivity index (χ2n) is 9.98. The van der Waals surface area contributed by atoms with Crippen LogP contribution in [0.2, 0.25) is 18.1 Å². The van der Waals surface area contributed by atoms with E-state index < -0.39 is 14.6 Å². The second-order valence-corrected chi connectivity index (χ2v) is 14.8. The van der Waals surface area contributed by atoms with E-state index in [1.165, 1.54) is 6.92 Å². The van der Waals surface area contributed by atoms with Crippen LogP contribution in [0.5, 0.6) is 5.75 Å². The second kappa shape index (κ2) is 10.3. The molecule has 2 unspecified atom stereocenters.